The molecule has 1 aromatic heterocycles. The zero-order chi connectivity index (χ0) is 13.0. The van der Waals surface area contributed by atoms with Crippen molar-refractivity contribution in [3.05, 3.63) is 59.4 Å². The van der Waals surface area contributed by atoms with Crippen molar-refractivity contribution in [3.8, 4) is 5.75 Å². The number of pyridine rings is 1. The highest BCUT2D eigenvalue weighted by molar-refractivity contribution is 5.94. The van der Waals surface area contributed by atoms with Crippen molar-refractivity contribution in [1.82, 2.24) is 10.3 Å². The molecule has 4 nitrogen and oxygen atoms in total. The van der Waals surface area contributed by atoms with Crippen molar-refractivity contribution in [1.29, 1.82) is 0 Å². The maximum atomic E-state index is 11.8. The number of benzene rings is 1. The molecule has 0 fully saturated rings. The molecule has 2 rings (SSSR count). The Morgan fingerprint density at radius 1 is 1.28 bits per heavy atom. The van der Waals surface area contributed by atoms with Crippen LogP contribution in [0.4, 0.5) is 0 Å². The van der Waals surface area contributed by atoms with Crippen LogP contribution in [-0.2, 0) is 6.54 Å². The maximum absolute atomic E-state index is 11.8. The highest BCUT2D eigenvalue weighted by Gasteiger charge is 2.06. The highest BCUT2D eigenvalue weighted by Crippen LogP contribution is 2.08. The van der Waals surface area contributed by atoms with Gasteiger partial charge in [0.1, 0.15) is 5.75 Å². The molecular weight excluding hydrogens is 228 g/mol. The van der Waals surface area contributed by atoms with Crippen LogP contribution in [0.15, 0.2) is 42.7 Å². The fourth-order valence-electron chi connectivity index (χ4n) is 1.54. The number of hydrogen-bond acceptors (Lipinski definition) is 3. The third-order valence-electron chi connectivity index (χ3n) is 2.56. The van der Waals surface area contributed by atoms with Gasteiger partial charge in [-0.3, -0.25) is 9.78 Å². The molecule has 0 aliphatic rings. The van der Waals surface area contributed by atoms with E-state index in [1.165, 1.54) is 24.0 Å². The van der Waals surface area contributed by atoms with Gasteiger partial charge in [0, 0.05) is 12.7 Å². The first kappa shape index (κ1) is 12.1. The maximum Gasteiger partial charge on any atom is 0.253 e. The Hall–Kier alpha value is -2.36. The van der Waals surface area contributed by atoms with Crippen molar-refractivity contribution in [3.63, 3.8) is 0 Å². The van der Waals surface area contributed by atoms with Gasteiger partial charge in [0.05, 0.1) is 11.8 Å². The van der Waals surface area contributed by atoms with Crippen molar-refractivity contribution in [2.75, 3.05) is 0 Å². The molecule has 1 amide bonds. The molecule has 1 heterocycles. The van der Waals surface area contributed by atoms with Crippen LogP contribution in [-0.4, -0.2) is 16.0 Å². The summed E-state index contributed by atoms with van der Waals surface area (Å²) in [5.74, 6) is -0.267. The molecule has 0 bridgehead atoms. The number of nitrogens with zero attached hydrogens (tertiary/aromatic N) is 1. The quantitative estimate of drug-likeness (QED) is 0.865. The summed E-state index contributed by atoms with van der Waals surface area (Å²) in [6, 6.07) is 9.32. The summed E-state index contributed by atoms with van der Waals surface area (Å²) in [5, 5.41) is 12.0. The molecule has 2 aromatic rings. The Kier molecular flexibility index (Phi) is 3.57. The van der Waals surface area contributed by atoms with Crippen LogP contribution in [0.1, 0.15) is 21.5 Å². The zero-order valence-corrected chi connectivity index (χ0v) is 10.1. The molecule has 0 aliphatic carbocycles. The minimum Gasteiger partial charge on any atom is -0.506 e. The van der Waals surface area contributed by atoms with Crippen LogP contribution in [0.25, 0.3) is 0 Å². The molecule has 0 spiro atoms. The number of carbonyl (C=O) groups is 1. The molecule has 0 unspecified atom stereocenters. The van der Waals surface area contributed by atoms with E-state index in [0.717, 1.165) is 5.56 Å². The molecule has 0 saturated carbocycles. The van der Waals surface area contributed by atoms with Crippen molar-refractivity contribution >= 4 is 5.91 Å². The molecule has 1 aromatic carbocycles. The topological polar surface area (TPSA) is 62.2 Å². The Morgan fingerprint density at radius 3 is 2.67 bits per heavy atom. The van der Waals surface area contributed by atoms with Gasteiger partial charge >= 0.3 is 0 Å². The Morgan fingerprint density at radius 2 is 2.00 bits per heavy atom. The van der Waals surface area contributed by atoms with Gasteiger partial charge in [-0.2, -0.15) is 0 Å². The van der Waals surface area contributed by atoms with Crippen molar-refractivity contribution < 1.29 is 9.90 Å². The predicted molar refractivity (Wildman–Crippen MR) is 68.3 cm³/mol. The van der Waals surface area contributed by atoms with E-state index in [-0.39, 0.29) is 11.7 Å². The van der Waals surface area contributed by atoms with Crippen LogP contribution < -0.4 is 5.32 Å². The number of hydrogen-bond donors (Lipinski definition) is 2. The number of amides is 1. The fourth-order valence-corrected chi connectivity index (χ4v) is 1.54. The third kappa shape index (κ3) is 3.07. The van der Waals surface area contributed by atoms with Gasteiger partial charge in [-0.25, -0.2) is 0 Å². The average molecular weight is 242 g/mol. The number of carbonyl (C=O) groups excluding carboxylic acids is 1. The van der Waals surface area contributed by atoms with E-state index in [1.54, 1.807) is 0 Å². The first-order valence-electron chi connectivity index (χ1n) is 5.63. The number of rotatable bonds is 3. The minimum atomic E-state index is -0.251. The number of aryl methyl sites for hydroxylation is 1. The number of aromatic nitrogens is 1. The molecular formula is C14H14N2O2. The van der Waals surface area contributed by atoms with Crippen molar-refractivity contribution in [2.45, 2.75) is 13.5 Å². The van der Waals surface area contributed by atoms with Gasteiger partial charge in [-0.05, 0) is 18.6 Å². The molecule has 2 N–H and O–H groups in total. The predicted octanol–water partition coefficient (Wildman–Crippen LogP) is 2.03. The normalized spacial score (nSPS) is 10.1. The van der Waals surface area contributed by atoms with Crippen LogP contribution in [0, 0.1) is 6.92 Å². The van der Waals surface area contributed by atoms with Crippen LogP contribution in [0.3, 0.4) is 0 Å². The van der Waals surface area contributed by atoms with E-state index in [4.69, 9.17) is 0 Å². The smallest absolute Gasteiger partial charge is 0.253 e. The van der Waals surface area contributed by atoms with E-state index in [9.17, 15) is 9.90 Å². The molecule has 0 atom stereocenters. The van der Waals surface area contributed by atoms with Gasteiger partial charge in [0.25, 0.3) is 5.91 Å². The average Bonchev–Trinajstić information content (AvgIpc) is 2.38. The van der Waals surface area contributed by atoms with Crippen molar-refractivity contribution in [2.24, 2.45) is 0 Å². The molecule has 18 heavy (non-hydrogen) atoms. The first-order chi connectivity index (χ1) is 8.65. The van der Waals surface area contributed by atoms with E-state index in [2.05, 4.69) is 10.3 Å². The van der Waals surface area contributed by atoms with E-state index >= 15 is 0 Å². The molecule has 92 valence electrons. The first-order valence-corrected chi connectivity index (χ1v) is 5.63. The molecule has 0 aliphatic heterocycles. The second-order valence-electron chi connectivity index (χ2n) is 4.10. The Labute approximate surface area is 105 Å². The largest absolute Gasteiger partial charge is 0.506 e. The third-order valence-corrected chi connectivity index (χ3v) is 2.56. The number of aromatic hydroxyl groups is 1. The van der Waals surface area contributed by atoms with E-state index < -0.39 is 0 Å². The summed E-state index contributed by atoms with van der Waals surface area (Å²) in [4.78, 5) is 15.5. The lowest BCUT2D eigenvalue weighted by atomic mass is 10.1. The minimum absolute atomic E-state index is 0.0158. The van der Waals surface area contributed by atoms with Crippen LogP contribution in [0.5, 0.6) is 5.75 Å². The van der Waals surface area contributed by atoms with Gasteiger partial charge in [-0.1, -0.05) is 29.8 Å². The summed E-state index contributed by atoms with van der Waals surface area (Å²) in [6.45, 7) is 2.47. The van der Waals surface area contributed by atoms with E-state index in [1.807, 2.05) is 31.2 Å². The fraction of sp³-hybridized carbons (Fsp3) is 0.143. The zero-order valence-electron chi connectivity index (χ0n) is 10.1. The lowest BCUT2D eigenvalue weighted by Crippen LogP contribution is -2.22. The second-order valence-corrected chi connectivity index (χ2v) is 4.10. The SMILES string of the molecule is Cc1ccc(CNC(=O)c2cncc(O)c2)cc1. The Balaban J connectivity index is 1.98. The second kappa shape index (κ2) is 5.31. The number of nitrogens with one attached hydrogen (secondary N) is 1. The summed E-state index contributed by atoms with van der Waals surface area (Å²) in [5.41, 5.74) is 2.56. The summed E-state index contributed by atoms with van der Waals surface area (Å²) in [7, 11) is 0. The van der Waals surface area contributed by atoms with Crippen LogP contribution >= 0.6 is 0 Å². The highest BCUT2D eigenvalue weighted by atomic mass is 16.3. The van der Waals surface area contributed by atoms with Gasteiger partial charge < -0.3 is 10.4 Å². The van der Waals surface area contributed by atoms with E-state index in [0.29, 0.717) is 12.1 Å². The van der Waals surface area contributed by atoms with Crippen LogP contribution in [0.2, 0.25) is 0 Å². The summed E-state index contributed by atoms with van der Waals surface area (Å²) in [6.07, 6.45) is 2.71. The lowest BCUT2D eigenvalue weighted by Gasteiger charge is -2.05. The molecule has 0 saturated heterocycles. The monoisotopic (exact) mass is 242 g/mol. The Bertz CT molecular complexity index is 550. The summed E-state index contributed by atoms with van der Waals surface area (Å²) < 4.78 is 0. The molecule has 4 heteroatoms. The van der Waals surface area contributed by atoms with Gasteiger partial charge in [0.15, 0.2) is 0 Å². The standard InChI is InChI=1S/C14H14N2O2/c1-10-2-4-11(5-3-10)7-16-14(18)12-6-13(17)9-15-8-12/h2-6,8-9,17H,7H2,1H3,(H,16,18). The lowest BCUT2D eigenvalue weighted by molar-refractivity contribution is 0.0950. The van der Waals surface area contributed by atoms with Gasteiger partial charge in [0.2, 0.25) is 0 Å². The summed E-state index contributed by atoms with van der Waals surface area (Å²) >= 11 is 0. The molecule has 0 radical (unpaired) electrons. The van der Waals surface area contributed by atoms with Gasteiger partial charge in [-0.15, -0.1) is 0 Å².